The quantitative estimate of drug-likeness (QED) is 0.847. The van der Waals surface area contributed by atoms with Crippen molar-refractivity contribution in [1.82, 2.24) is 9.29 Å². The van der Waals surface area contributed by atoms with Crippen LogP contribution in [0, 0.1) is 0 Å². The third-order valence-corrected chi connectivity index (χ3v) is 6.31. The number of sulfonamides is 1. The van der Waals surface area contributed by atoms with Gasteiger partial charge in [-0.2, -0.15) is 17.5 Å². The highest BCUT2D eigenvalue weighted by atomic mass is 32.2. The molecule has 0 saturated carbocycles. The van der Waals surface area contributed by atoms with Gasteiger partial charge in [0.2, 0.25) is 10.0 Å². The topological polar surface area (TPSA) is 50.3 Å². The van der Waals surface area contributed by atoms with Crippen LogP contribution >= 0.6 is 0 Å². The summed E-state index contributed by atoms with van der Waals surface area (Å²) in [6.07, 6.45) is -2.98. The van der Waals surface area contributed by atoms with Crippen LogP contribution in [-0.4, -0.2) is 24.3 Å². The van der Waals surface area contributed by atoms with Crippen molar-refractivity contribution in [2.75, 3.05) is 6.54 Å². The molecule has 0 bridgehead atoms. The van der Waals surface area contributed by atoms with E-state index in [2.05, 4.69) is 4.98 Å². The molecule has 24 heavy (non-hydrogen) atoms. The Morgan fingerprint density at radius 2 is 1.83 bits per heavy atom. The number of pyridine rings is 1. The summed E-state index contributed by atoms with van der Waals surface area (Å²) in [6.45, 7) is -0.197. The maximum atomic E-state index is 13.0. The third kappa shape index (κ3) is 3.16. The van der Waals surface area contributed by atoms with Crippen LogP contribution in [0.5, 0.6) is 0 Å². The number of rotatable bonds is 3. The van der Waals surface area contributed by atoms with E-state index in [9.17, 15) is 21.6 Å². The zero-order valence-electron chi connectivity index (χ0n) is 12.6. The molecule has 2 heterocycles. The molecule has 1 aliphatic rings. The van der Waals surface area contributed by atoms with E-state index in [0.29, 0.717) is 12.0 Å². The van der Waals surface area contributed by atoms with Crippen LogP contribution in [0.3, 0.4) is 0 Å². The summed E-state index contributed by atoms with van der Waals surface area (Å²) in [5.74, 6) is 0. The first-order valence-electron chi connectivity index (χ1n) is 7.35. The fourth-order valence-electron chi connectivity index (χ4n) is 2.88. The molecular formula is C16H15F3N2O2S. The number of hydrogen-bond donors (Lipinski definition) is 0. The smallest absolute Gasteiger partial charge is 0.259 e. The lowest BCUT2D eigenvalue weighted by molar-refractivity contribution is -0.138. The van der Waals surface area contributed by atoms with Crippen molar-refractivity contribution in [3.63, 3.8) is 0 Å². The molecule has 1 unspecified atom stereocenters. The lowest BCUT2D eigenvalue weighted by Gasteiger charge is -2.19. The molecule has 3 rings (SSSR count). The number of aromatic nitrogens is 1. The minimum atomic E-state index is -4.56. The van der Waals surface area contributed by atoms with Crippen molar-refractivity contribution < 1.29 is 21.6 Å². The maximum absolute atomic E-state index is 13.0. The van der Waals surface area contributed by atoms with Gasteiger partial charge in [-0.05, 0) is 24.1 Å². The second-order valence-corrected chi connectivity index (χ2v) is 7.68. The first-order chi connectivity index (χ1) is 11.3. The molecule has 8 heteroatoms. The SMILES string of the molecule is O=S1(=O)C(c2ccccc2)CCN1Cc1ncccc1C(F)(F)F. The van der Waals surface area contributed by atoms with Crippen molar-refractivity contribution in [2.45, 2.75) is 24.4 Å². The molecule has 0 spiro atoms. The fourth-order valence-corrected chi connectivity index (χ4v) is 4.81. The Bertz CT molecular complexity index is 823. The monoisotopic (exact) mass is 356 g/mol. The number of alkyl halides is 3. The molecule has 1 atom stereocenters. The van der Waals surface area contributed by atoms with E-state index < -0.39 is 27.0 Å². The predicted molar refractivity (Wildman–Crippen MR) is 82.4 cm³/mol. The summed E-state index contributed by atoms with van der Waals surface area (Å²) < 4.78 is 65.6. The van der Waals surface area contributed by atoms with Crippen LogP contribution in [0.25, 0.3) is 0 Å². The number of hydrogen-bond acceptors (Lipinski definition) is 3. The van der Waals surface area contributed by atoms with Gasteiger partial charge in [0.25, 0.3) is 0 Å². The summed E-state index contributed by atoms with van der Waals surface area (Å²) in [5.41, 5.74) is -0.525. The van der Waals surface area contributed by atoms with E-state index in [4.69, 9.17) is 0 Å². The largest absolute Gasteiger partial charge is 0.418 e. The average molecular weight is 356 g/mol. The molecule has 0 radical (unpaired) electrons. The summed E-state index contributed by atoms with van der Waals surface area (Å²) >= 11 is 0. The van der Waals surface area contributed by atoms with Gasteiger partial charge >= 0.3 is 6.18 Å². The van der Waals surface area contributed by atoms with Crippen molar-refractivity contribution >= 4 is 10.0 Å². The Morgan fingerprint density at radius 3 is 2.50 bits per heavy atom. The zero-order valence-corrected chi connectivity index (χ0v) is 13.4. The molecule has 0 aliphatic carbocycles. The lowest BCUT2D eigenvalue weighted by atomic mass is 10.1. The second-order valence-electron chi connectivity index (χ2n) is 5.56. The van der Waals surface area contributed by atoms with Gasteiger partial charge in [0, 0.05) is 12.7 Å². The molecule has 1 aromatic carbocycles. The fraction of sp³-hybridized carbons (Fsp3) is 0.312. The second kappa shape index (κ2) is 6.18. The molecular weight excluding hydrogens is 341 g/mol. The molecule has 0 amide bonds. The van der Waals surface area contributed by atoms with Crippen molar-refractivity contribution in [3.8, 4) is 0 Å². The first kappa shape index (κ1) is 16.9. The third-order valence-electron chi connectivity index (χ3n) is 4.05. The minimum absolute atomic E-state index is 0.176. The van der Waals surface area contributed by atoms with Crippen LogP contribution in [0.2, 0.25) is 0 Å². The van der Waals surface area contributed by atoms with E-state index in [0.717, 1.165) is 10.4 Å². The zero-order chi connectivity index (χ0) is 17.4. The highest BCUT2D eigenvalue weighted by Gasteiger charge is 2.41. The molecule has 1 saturated heterocycles. The Labute approximate surface area is 138 Å². The van der Waals surface area contributed by atoms with E-state index in [1.165, 1.54) is 12.3 Å². The van der Waals surface area contributed by atoms with E-state index in [1.54, 1.807) is 30.3 Å². The Balaban J connectivity index is 1.88. The normalized spacial score (nSPS) is 21.0. The molecule has 1 aliphatic heterocycles. The maximum Gasteiger partial charge on any atom is 0.418 e. The van der Waals surface area contributed by atoms with E-state index in [1.807, 2.05) is 0 Å². The summed E-state index contributed by atoms with van der Waals surface area (Å²) in [6, 6.07) is 10.8. The van der Waals surface area contributed by atoms with Crippen LogP contribution in [-0.2, 0) is 22.7 Å². The van der Waals surface area contributed by atoms with Crippen LogP contribution in [0.1, 0.15) is 28.5 Å². The number of nitrogens with zero attached hydrogens (tertiary/aromatic N) is 2. The van der Waals surface area contributed by atoms with Gasteiger partial charge in [0.05, 0.1) is 17.8 Å². The molecule has 4 nitrogen and oxygen atoms in total. The van der Waals surface area contributed by atoms with Gasteiger partial charge in [-0.3, -0.25) is 4.98 Å². The molecule has 0 N–H and O–H groups in total. The average Bonchev–Trinajstić information content (AvgIpc) is 2.82. The minimum Gasteiger partial charge on any atom is -0.259 e. The van der Waals surface area contributed by atoms with Crippen molar-refractivity contribution in [1.29, 1.82) is 0 Å². The molecule has 1 aromatic heterocycles. The molecule has 2 aromatic rings. The number of benzene rings is 1. The van der Waals surface area contributed by atoms with Gasteiger partial charge in [-0.1, -0.05) is 30.3 Å². The highest BCUT2D eigenvalue weighted by Crippen LogP contribution is 2.37. The number of halogens is 3. The van der Waals surface area contributed by atoms with Crippen molar-refractivity contribution in [3.05, 3.63) is 65.5 Å². The van der Waals surface area contributed by atoms with Gasteiger partial charge in [-0.25, -0.2) is 8.42 Å². The summed E-state index contributed by atoms with van der Waals surface area (Å²) in [5, 5.41) is -0.725. The van der Waals surface area contributed by atoms with E-state index in [-0.39, 0.29) is 18.8 Å². The Kier molecular flexibility index (Phi) is 4.35. The Morgan fingerprint density at radius 1 is 1.12 bits per heavy atom. The Hall–Kier alpha value is -1.93. The van der Waals surface area contributed by atoms with Gasteiger partial charge < -0.3 is 0 Å². The van der Waals surface area contributed by atoms with Crippen LogP contribution < -0.4 is 0 Å². The summed E-state index contributed by atoms with van der Waals surface area (Å²) in [4.78, 5) is 3.75. The van der Waals surface area contributed by atoms with E-state index >= 15 is 0 Å². The summed E-state index contributed by atoms with van der Waals surface area (Å²) in [7, 11) is -3.72. The molecule has 128 valence electrons. The first-order valence-corrected chi connectivity index (χ1v) is 8.85. The van der Waals surface area contributed by atoms with Crippen LogP contribution in [0.15, 0.2) is 48.7 Å². The van der Waals surface area contributed by atoms with Gasteiger partial charge in [0.1, 0.15) is 5.25 Å². The van der Waals surface area contributed by atoms with Gasteiger partial charge in [-0.15, -0.1) is 0 Å². The highest BCUT2D eigenvalue weighted by molar-refractivity contribution is 7.89. The molecule has 1 fully saturated rings. The predicted octanol–water partition coefficient (Wildman–Crippen LogP) is 3.38. The van der Waals surface area contributed by atoms with Gasteiger partial charge in [0.15, 0.2) is 0 Å². The van der Waals surface area contributed by atoms with Crippen molar-refractivity contribution in [2.24, 2.45) is 0 Å². The lowest BCUT2D eigenvalue weighted by Crippen LogP contribution is -2.28. The van der Waals surface area contributed by atoms with Crippen LogP contribution in [0.4, 0.5) is 13.2 Å². The standard InChI is InChI=1S/C16H15F3N2O2S/c17-16(18,19)13-7-4-9-20-14(13)11-21-10-8-15(24(21,22)23)12-5-2-1-3-6-12/h1-7,9,15H,8,10-11H2.